The van der Waals surface area contributed by atoms with E-state index in [1.807, 2.05) is 0 Å². The average Bonchev–Trinajstić information content (AvgIpc) is 2.92. The van der Waals surface area contributed by atoms with Crippen molar-refractivity contribution in [3.05, 3.63) is 52.8 Å². The summed E-state index contributed by atoms with van der Waals surface area (Å²) < 4.78 is 36.4. The van der Waals surface area contributed by atoms with Gasteiger partial charge in [0.05, 0.1) is 30.0 Å². The Bertz CT molecular complexity index is 1020. The number of methoxy groups -OCH3 is 2. The number of aromatic nitrogens is 2. The maximum atomic E-state index is 12.7. The van der Waals surface area contributed by atoms with E-state index in [2.05, 4.69) is 5.10 Å². The zero-order chi connectivity index (χ0) is 16.6. The highest BCUT2D eigenvalue weighted by Crippen LogP contribution is 2.23. The molecule has 1 aromatic heterocycles. The van der Waals surface area contributed by atoms with Gasteiger partial charge in [-0.25, -0.2) is 5.10 Å². The van der Waals surface area contributed by atoms with Gasteiger partial charge >= 0.3 is 0 Å². The number of benzene rings is 2. The smallest absolute Gasteiger partial charge is 0.281 e. The van der Waals surface area contributed by atoms with Crippen LogP contribution in [0.1, 0.15) is 0 Å². The summed E-state index contributed by atoms with van der Waals surface area (Å²) in [4.78, 5) is 12.1. The lowest BCUT2D eigenvalue weighted by molar-refractivity contribution is 0.414. The number of nitrogens with one attached hydrogen (secondary N) is 1. The molecule has 0 fully saturated rings. The van der Waals surface area contributed by atoms with Gasteiger partial charge in [-0.1, -0.05) is 0 Å². The van der Waals surface area contributed by atoms with E-state index < -0.39 is 15.6 Å². The topological polar surface area (TPSA) is 90.4 Å². The second-order valence-corrected chi connectivity index (χ2v) is 6.56. The molecule has 0 aliphatic heterocycles. The number of H-pyrrole nitrogens is 1. The molecule has 0 aliphatic carbocycles. The molecular formula is C15H14N2O5S. The van der Waals surface area contributed by atoms with Gasteiger partial charge in [-0.15, -0.1) is 0 Å². The van der Waals surface area contributed by atoms with Crippen LogP contribution in [-0.2, 0) is 10.0 Å². The highest BCUT2D eigenvalue weighted by atomic mass is 32.2. The van der Waals surface area contributed by atoms with Gasteiger partial charge < -0.3 is 9.47 Å². The Morgan fingerprint density at radius 1 is 0.957 bits per heavy atom. The maximum absolute atomic E-state index is 12.7. The molecule has 0 saturated heterocycles. The summed E-state index contributed by atoms with van der Waals surface area (Å²) >= 11 is 0. The van der Waals surface area contributed by atoms with Crippen molar-refractivity contribution in [3.8, 4) is 11.5 Å². The molecule has 0 unspecified atom stereocenters. The van der Waals surface area contributed by atoms with Crippen molar-refractivity contribution in [2.24, 2.45) is 0 Å². The van der Waals surface area contributed by atoms with Crippen LogP contribution in [0.4, 0.5) is 0 Å². The van der Waals surface area contributed by atoms with Crippen LogP contribution in [-0.4, -0.2) is 31.8 Å². The third-order valence-electron chi connectivity index (χ3n) is 3.47. The van der Waals surface area contributed by atoms with E-state index >= 15 is 0 Å². The highest BCUT2D eigenvalue weighted by molar-refractivity contribution is 7.90. The highest BCUT2D eigenvalue weighted by Gasteiger charge is 2.21. The van der Waals surface area contributed by atoms with Gasteiger partial charge in [-0.2, -0.15) is 12.5 Å². The van der Waals surface area contributed by atoms with E-state index in [0.717, 1.165) is 4.09 Å². The molecule has 0 amide bonds. The van der Waals surface area contributed by atoms with E-state index in [1.54, 1.807) is 18.2 Å². The quantitative estimate of drug-likeness (QED) is 0.782. The Morgan fingerprint density at radius 2 is 1.57 bits per heavy atom. The Hall–Kier alpha value is -2.74. The van der Waals surface area contributed by atoms with E-state index in [4.69, 9.17) is 9.47 Å². The summed E-state index contributed by atoms with van der Waals surface area (Å²) in [6.45, 7) is 0. The minimum absolute atomic E-state index is 0.0438. The minimum atomic E-state index is -3.92. The van der Waals surface area contributed by atoms with Crippen molar-refractivity contribution in [2.45, 2.75) is 4.90 Å². The average molecular weight is 334 g/mol. The number of hydrogen-bond donors (Lipinski definition) is 1. The van der Waals surface area contributed by atoms with Gasteiger partial charge in [0.15, 0.2) is 0 Å². The Balaban J connectivity index is 2.20. The van der Waals surface area contributed by atoms with E-state index in [9.17, 15) is 13.2 Å². The predicted molar refractivity (Wildman–Crippen MR) is 84.7 cm³/mol. The molecule has 7 nitrogen and oxygen atoms in total. The zero-order valence-corrected chi connectivity index (χ0v) is 13.3. The minimum Gasteiger partial charge on any atom is -0.497 e. The summed E-state index contributed by atoms with van der Waals surface area (Å²) in [6, 6.07) is 10.5. The molecule has 0 radical (unpaired) electrons. The fourth-order valence-electron chi connectivity index (χ4n) is 2.26. The van der Waals surface area contributed by atoms with Gasteiger partial charge in [0.25, 0.3) is 15.6 Å². The number of aromatic amines is 1. The van der Waals surface area contributed by atoms with Crippen LogP contribution >= 0.6 is 0 Å². The molecule has 3 aromatic rings. The molecule has 0 spiro atoms. The third kappa shape index (κ3) is 2.46. The molecule has 1 N–H and O–H groups in total. The normalized spacial score (nSPS) is 11.6. The SMILES string of the molecule is COc1ccc(S(=O)(=O)n2[nH]c(=O)c3cc(OC)ccc32)cc1. The molecule has 0 saturated carbocycles. The van der Waals surface area contributed by atoms with Gasteiger partial charge in [-0.3, -0.25) is 4.79 Å². The Labute approximate surface area is 132 Å². The zero-order valence-electron chi connectivity index (χ0n) is 12.4. The van der Waals surface area contributed by atoms with Crippen molar-refractivity contribution in [1.82, 2.24) is 9.19 Å². The summed E-state index contributed by atoms with van der Waals surface area (Å²) in [6.07, 6.45) is 0. The molecule has 0 aliphatic rings. The molecule has 3 rings (SSSR count). The first-order chi connectivity index (χ1) is 11.0. The number of rotatable bonds is 4. The fourth-order valence-corrected chi connectivity index (χ4v) is 3.57. The Kier molecular flexibility index (Phi) is 3.61. The van der Waals surface area contributed by atoms with Gasteiger partial charge in [0.2, 0.25) is 0 Å². The summed E-state index contributed by atoms with van der Waals surface area (Å²) in [5, 5.41) is 2.60. The predicted octanol–water partition coefficient (Wildman–Crippen LogP) is 1.58. The maximum Gasteiger partial charge on any atom is 0.281 e. The first kappa shape index (κ1) is 15.2. The number of fused-ring (bicyclic) bond motifs is 1. The summed E-state index contributed by atoms with van der Waals surface area (Å²) in [5.74, 6) is 1.02. The van der Waals surface area contributed by atoms with Crippen molar-refractivity contribution in [1.29, 1.82) is 0 Å². The van der Waals surface area contributed by atoms with Crippen molar-refractivity contribution < 1.29 is 17.9 Å². The van der Waals surface area contributed by atoms with E-state index in [1.165, 1.54) is 38.5 Å². The van der Waals surface area contributed by atoms with E-state index in [-0.39, 0.29) is 15.8 Å². The lowest BCUT2D eigenvalue weighted by Crippen LogP contribution is -2.16. The fraction of sp³-hybridized carbons (Fsp3) is 0.133. The molecule has 1 heterocycles. The molecule has 23 heavy (non-hydrogen) atoms. The van der Waals surface area contributed by atoms with Crippen LogP contribution in [0.5, 0.6) is 11.5 Å². The van der Waals surface area contributed by atoms with Crippen molar-refractivity contribution >= 4 is 20.9 Å². The van der Waals surface area contributed by atoms with Gasteiger partial charge in [-0.05, 0) is 42.5 Å². The molecular weight excluding hydrogens is 320 g/mol. The van der Waals surface area contributed by atoms with Gasteiger partial charge in [0.1, 0.15) is 11.5 Å². The number of hydrogen-bond acceptors (Lipinski definition) is 5. The van der Waals surface area contributed by atoms with Crippen molar-refractivity contribution in [2.75, 3.05) is 14.2 Å². The second kappa shape index (κ2) is 5.47. The molecule has 0 atom stereocenters. The van der Waals surface area contributed by atoms with Crippen LogP contribution in [0.2, 0.25) is 0 Å². The lowest BCUT2D eigenvalue weighted by atomic mass is 10.2. The Morgan fingerprint density at radius 3 is 2.17 bits per heavy atom. The van der Waals surface area contributed by atoms with Crippen molar-refractivity contribution in [3.63, 3.8) is 0 Å². The summed E-state index contributed by atoms with van der Waals surface area (Å²) in [5.41, 5.74) is -0.248. The molecule has 8 heteroatoms. The summed E-state index contributed by atoms with van der Waals surface area (Å²) in [7, 11) is -0.958. The van der Waals surface area contributed by atoms with Crippen LogP contribution in [0.3, 0.4) is 0 Å². The van der Waals surface area contributed by atoms with Crippen LogP contribution in [0.15, 0.2) is 52.2 Å². The lowest BCUT2D eigenvalue weighted by Gasteiger charge is -2.08. The standard InChI is InChI=1S/C15H14N2O5S/c1-21-10-3-6-12(7-4-10)23(19,20)17-14-8-5-11(22-2)9-13(14)15(18)16-17/h3-9H,1-2H3,(H,16,18). The second-order valence-electron chi connectivity index (χ2n) is 4.77. The van der Waals surface area contributed by atoms with E-state index in [0.29, 0.717) is 11.5 Å². The first-order valence-corrected chi connectivity index (χ1v) is 8.10. The first-order valence-electron chi connectivity index (χ1n) is 6.66. The largest absolute Gasteiger partial charge is 0.497 e. The number of ether oxygens (including phenoxy) is 2. The molecule has 2 aromatic carbocycles. The van der Waals surface area contributed by atoms with Crippen LogP contribution < -0.4 is 15.0 Å². The van der Waals surface area contributed by atoms with Gasteiger partial charge in [0, 0.05) is 0 Å². The third-order valence-corrected chi connectivity index (χ3v) is 5.10. The number of nitrogens with zero attached hydrogens (tertiary/aromatic N) is 1. The van der Waals surface area contributed by atoms with Crippen LogP contribution in [0.25, 0.3) is 10.9 Å². The monoisotopic (exact) mass is 334 g/mol. The van der Waals surface area contributed by atoms with Crippen LogP contribution in [0, 0.1) is 0 Å². The molecule has 0 bridgehead atoms. The molecule has 120 valence electrons.